The fraction of sp³-hybridized carbons (Fsp3) is 0.353. The molecule has 0 amide bonds. The first-order valence-electron chi connectivity index (χ1n) is 6.85. The van der Waals surface area contributed by atoms with Crippen LogP contribution in [0, 0.1) is 6.92 Å². The second kappa shape index (κ2) is 4.46. The molecule has 1 aliphatic carbocycles. The van der Waals surface area contributed by atoms with Gasteiger partial charge in [-0.2, -0.15) is 0 Å². The van der Waals surface area contributed by atoms with Gasteiger partial charge in [0.1, 0.15) is 5.60 Å². The monoisotopic (exact) mass is 253 g/mol. The molecule has 98 valence electrons. The van der Waals surface area contributed by atoms with E-state index in [1.165, 1.54) is 5.56 Å². The molecule has 1 aliphatic rings. The van der Waals surface area contributed by atoms with Crippen molar-refractivity contribution in [3.63, 3.8) is 0 Å². The Kier molecular flexibility index (Phi) is 2.90. The van der Waals surface area contributed by atoms with Gasteiger partial charge in [0, 0.05) is 18.0 Å². The van der Waals surface area contributed by atoms with Crippen LogP contribution in [0.4, 0.5) is 0 Å². The van der Waals surface area contributed by atoms with Gasteiger partial charge in [-0.25, -0.2) is 0 Å². The van der Waals surface area contributed by atoms with Crippen LogP contribution in [-0.4, -0.2) is 10.1 Å². The lowest BCUT2D eigenvalue weighted by Gasteiger charge is -2.37. The molecular formula is C17H19NO. The third-order valence-corrected chi connectivity index (χ3v) is 4.23. The Balaban J connectivity index is 2.18. The molecule has 0 saturated heterocycles. The molecule has 1 N–H and O–H groups in total. The van der Waals surface area contributed by atoms with Crippen molar-refractivity contribution in [2.24, 2.45) is 0 Å². The topological polar surface area (TPSA) is 33.1 Å². The van der Waals surface area contributed by atoms with Crippen LogP contribution < -0.4 is 0 Å². The third kappa shape index (κ3) is 1.96. The summed E-state index contributed by atoms with van der Waals surface area (Å²) in [5, 5.41) is 11.2. The highest BCUT2D eigenvalue weighted by atomic mass is 16.3. The maximum absolute atomic E-state index is 11.2. The summed E-state index contributed by atoms with van der Waals surface area (Å²) in [6.45, 7) is 4.24. The average Bonchev–Trinajstić information content (AvgIpc) is 2.43. The van der Waals surface area contributed by atoms with E-state index < -0.39 is 5.60 Å². The molecule has 0 aliphatic heterocycles. The van der Waals surface area contributed by atoms with Crippen LogP contribution in [0.3, 0.4) is 0 Å². The van der Waals surface area contributed by atoms with Crippen LogP contribution in [0.5, 0.6) is 0 Å². The fourth-order valence-electron chi connectivity index (χ4n) is 3.10. The van der Waals surface area contributed by atoms with Gasteiger partial charge in [0.25, 0.3) is 0 Å². The van der Waals surface area contributed by atoms with Crippen LogP contribution in [0.1, 0.15) is 47.9 Å². The molecule has 2 atom stereocenters. The zero-order valence-corrected chi connectivity index (χ0v) is 11.4. The molecule has 0 fully saturated rings. The fourth-order valence-corrected chi connectivity index (χ4v) is 3.10. The summed E-state index contributed by atoms with van der Waals surface area (Å²) in [4.78, 5) is 4.24. The summed E-state index contributed by atoms with van der Waals surface area (Å²) in [6, 6.07) is 10.3. The Morgan fingerprint density at radius 2 is 2.05 bits per heavy atom. The van der Waals surface area contributed by atoms with Gasteiger partial charge < -0.3 is 5.11 Å². The molecule has 1 heterocycles. The molecule has 1 aromatic carbocycles. The van der Waals surface area contributed by atoms with Crippen molar-refractivity contribution < 1.29 is 5.11 Å². The Bertz CT molecular complexity index is 608. The molecule has 3 rings (SSSR count). The quantitative estimate of drug-likeness (QED) is 0.843. The van der Waals surface area contributed by atoms with Crippen molar-refractivity contribution in [2.45, 2.75) is 38.2 Å². The molecule has 0 spiro atoms. The predicted molar refractivity (Wildman–Crippen MR) is 76.1 cm³/mol. The normalized spacial score (nSPS) is 25.9. The summed E-state index contributed by atoms with van der Waals surface area (Å²) >= 11 is 0. The molecule has 2 unspecified atom stereocenters. The van der Waals surface area contributed by atoms with Gasteiger partial charge in [-0.1, -0.05) is 31.2 Å². The Morgan fingerprint density at radius 1 is 1.26 bits per heavy atom. The SMILES string of the molecule is Cc1cncc(C2(O)CCC(C)c3ccccc32)c1. The largest absolute Gasteiger partial charge is 0.380 e. The average molecular weight is 253 g/mol. The molecular weight excluding hydrogens is 234 g/mol. The van der Waals surface area contributed by atoms with Crippen LogP contribution in [0.2, 0.25) is 0 Å². The summed E-state index contributed by atoms with van der Waals surface area (Å²) < 4.78 is 0. The molecule has 2 nitrogen and oxygen atoms in total. The van der Waals surface area contributed by atoms with Gasteiger partial charge in [-0.15, -0.1) is 0 Å². The molecule has 0 saturated carbocycles. The van der Waals surface area contributed by atoms with Crippen LogP contribution in [0.15, 0.2) is 42.7 Å². The zero-order chi connectivity index (χ0) is 13.5. The van der Waals surface area contributed by atoms with E-state index in [2.05, 4.69) is 24.0 Å². The minimum atomic E-state index is -0.887. The third-order valence-electron chi connectivity index (χ3n) is 4.23. The minimum absolute atomic E-state index is 0.509. The van der Waals surface area contributed by atoms with E-state index in [0.29, 0.717) is 5.92 Å². The second-order valence-electron chi connectivity index (χ2n) is 5.64. The van der Waals surface area contributed by atoms with Crippen molar-refractivity contribution in [3.8, 4) is 0 Å². The van der Waals surface area contributed by atoms with Gasteiger partial charge in [0.05, 0.1) is 0 Å². The number of fused-ring (bicyclic) bond motifs is 1. The van der Waals surface area contributed by atoms with Crippen molar-refractivity contribution in [2.75, 3.05) is 0 Å². The standard InChI is InChI=1S/C17H19NO/c1-12-9-14(11-18-10-12)17(19)8-7-13(2)15-5-3-4-6-16(15)17/h3-6,9-11,13,19H,7-8H2,1-2H3. The summed E-state index contributed by atoms with van der Waals surface area (Å²) in [7, 11) is 0. The number of rotatable bonds is 1. The number of aliphatic hydroxyl groups is 1. The van der Waals surface area contributed by atoms with E-state index in [0.717, 1.165) is 29.5 Å². The van der Waals surface area contributed by atoms with E-state index in [9.17, 15) is 5.11 Å². The number of pyridine rings is 1. The Hall–Kier alpha value is -1.67. The van der Waals surface area contributed by atoms with E-state index in [4.69, 9.17) is 0 Å². The molecule has 19 heavy (non-hydrogen) atoms. The lowest BCUT2D eigenvalue weighted by atomic mass is 9.71. The summed E-state index contributed by atoms with van der Waals surface area (Å²) in [5.74, 6) is 0.509. The zero-order valence-electron chi connectivity index (χ0n) is 11.4. The Morgan fingerprint density at radius 3 is 2.84 bits per heavy atom. The van der Waals surface area contributed by atoms with Crippen LogP contribution in [0.25, 0.3) is 0 Å². The number of benzene rings is 1. The highest BCUT2D eigenvalue weighted by Gasteiger charge is 2.38. The van der Waals surface area contributed by atoms with Gasteiger partial charge in [0.2, 0.25) is 0 Å². The van der Waals surface area contributed by atoms with Gasteiger partial charge in [-0.05, 0) is 48.4 Å². The number of aromatic nitrogens is 1. The van der Waals surface area contributed by atoms with Gasteiger partial charge >= 0.3 is 0 Å². The smallest absolute Gasteiger partial charge is 0.116 e. The molecule has 0 bridgehead atoms. The lowest BCUT2D eigenvalue weighted by molar-refractivity contribution is 0.0575. The van der Waals surface area contributed by atoms with Gasteiger partial charge in [-0.3, -0.25) is 4.98 Å². The van der Waals surface area contributed by atoms with E-state index in [1.54, 1.807) is 6.20 Å². The Labute approximate surface area is 114 Å². The first kappa shape index (κ1) is 12.4. The first-order valence-corrected chi connectivity index (χ1v) is 6.85. The summed E-state index contributed by atoms with van der Waals surface area (Å²) in [5.41, 5.74) is 3.41. The van der Waals surface area contributed by atoms with Crippen molar-refractivity contribution >= 4 is 0 Å². The molecule has 0 radical (unpaired) electrons. The van der Waals surface area contributed by atoms with Crippen LogP contribution in [-0.2, 0) is 5.60 Å². The van der Waals surface area contributed by atoms with E-state index in [-0.39, 0.29) is 0 Å². The first-order chi connectivity index (χ1) is 9.11. The van der Waals surface area contributed by atoms with Crippen molar-refractivity contribution in [1.29, 1.82) is 0 Å². The minimum Gasteiger partial charge on any atom is -0.380 e. The maximum atomic E-state index is 11.2. The van der Waals surface area contributed by atoms with E-state index >= 15 is 0 Å². The highest BCUT2D eigenvalue weighted by Crippen LogP contribution is 2.44. The highest BCUT2D eigenvalue weighted by molar-refractivity contribution is 5.44. The maximum Gasteiger partial charge on any atom is 0.116 e. The predicted octanol–water partition coefficient (Wildman–Crippen LogP) is 3.52. The second-order valence-corrected chi connectivity index (χ2v) is 5.64. The molecule has 1 aromatic heterocycles. The number of hydrogen-bond acceptors (Lipinski definition) is 2. The van der Waals surface area contributed by atoms with Crippen molar-refractivity contribution in [3.05, 3.63) is 65.0 Å². The van der Waals surface area contributed by atoms with Crippen LogP contribution >= 0.6 is 0 Å². The summed E-state index contributed by atoms with van der Waals surface area (Å²) in [6.07, 6.45) is 5.38. The lowest BCUT2D eigenvalue weighted by Crippen LogP contribution is -2.33. The number of nitrogens with zero attached hydrogens (tertiary/aromatic N) is 1. The van der Waals surface area contributed by atoms with Gasteiger partial charge in [0.15, 0.2) is 0 Å². The number of hydrogen-bond donors (Lipinski definition) is 1. The van der Waals surface area contributed by atoms with E-state index in [1.807, 2.05) is 31.3 Å². The van der Waals surface area contributed by atoms with Crippen molar-refractivity contribution in [1.82, 2.24) is 4.98 Å². The molecule has 2 aromatic rings. The number of aryl methyl sites for hydroxylation is 1. The molecule has 2 heteroatoms.